The molecule has 8 heteroatoms. The van der Waals surface area contributed by atoms with Crippen LogP contribution in [0.4, 0.5) is 5.82 Å². The Bertz CT molecular complexity index is 1000. The first-order valence-electron chi connectivity index (χ1n) is 9.39. The van der Waals surface area contributed by atoms with Gasteiger partial charge in [-0.15, -0.1) is 0 Å². The van der Waals surface area contributed by atoms with E-state index in [0.29, 0.717) is 29.7 Å². The fourth-order valence-corrected chi connectivity index (χ4v) is 3.75. The van der Waals surface area contributed by atoms with Gasteiger partial charge >= 0.3 is 0 Å². The number of hydrogen-bond acceptors (Lipinski definition) is 6. The van der Waals surface area contributed by atoms with Gasteiger partial charge in [0.15, 0.2) is 0 Å². The number of rotatable bonds is 4. The van der Waals surface area contributed by atoms with Crippen molar-refractivity contribution in [3.05, 3.63) is 46.4 Å². The lowest BCUT2D eigenvalue weighted by Crippen LogP contribution is -2.43. The maximum Gasteiger partial charge on any atom is 0.263 e. The van der Waals surface area contributed by atoms with Gasteiger partial charge in [0.2, 0.25) is 5.91 Å². The minimum Gasteiger partial charge on any atom is -0.355 e. The molecule has 28 heavy (non-hydrogen) atoms. The van der Waals surface area contributed by atoms with Crippen LogP contribution < -0.4 is 10.2 Å². The zero-order valence-corrected chi connectivity index (χ0v) is 16.7. The molecule has 146 valence electrons. The summed E-state index contributed by atoms with van der Waals surface area (Å²) in [7, 11) is 0. The van der Waals surface area contributed by atoms with Crippen molar-refractivity contribution in [1.29, 1.82) is 0 Å². The average molecular weight is 400 g/mol. The van der Waals surface area contributed by atoms with Gasteiger partial charge in [0.1, 0.15) is 17.0 Å². The number of fused-ring (bicyclic) bond motifs is 1. The molecule has 1 aliphatic heterocycles. The smallest absolute Gasteiger partial charge is 0.263 e. The number of benzene rings is 1. The fourth-order valence-electron chi connectivity index (χ4n) is 3.62. The number of nitrogens with zero attached hydrogens (tertiary/aromatic N) is 4. The zero-order valence-electron chi connectivity index (χ0n) is 15.9. The number of hydrogen-bond donors (Lipinski definition) is 1. The molecule has 0 saturated carbocycles. The highest BCUT2D eigenvalue weighted by Crippen LogP contribution is 2.30. The summed E-state index contributed by atoms with van der Waals surface area (Å²) >= 11 is 5.91. The van der Waals surface area contributed by atoms with Gasteiger partial charge in [-0.1, -0.05) is 28.9 Å². The second kappa shape index (κ2) is 7.75. The number of piperidine rings is 1. The monoisotopic (exact) mass is 399 g/mol. The summed E-state index contributed by atoms with van der Waals surface area (Å²) < 4.78 is 5.31. The molecule has 0 radical (unpaired) electrons. The summed E-state index contributed by atoms with van der Waals surface area (Å²) in [5.74, 6) is 1.40. The van der Waals surface area contributed by atoms with Crippen LogP contribution in [0.1, 0.15) is 29.9 Å². The molecule has 1 aliphatic rings. The molecule has 3 aromatic rings. The number of carbonyl (C=O) groups excluding carboxylic acids is 1. The van der Waals surface area contributed by atoms with Gasteiger partial charge in [0.25, 0.3) is 5.71 Å². The van der Waals surface area contributed by atoms with Crippen molar-refractivity contribution in [3.63, 3.8) is 0 Å². The van der Waals surface area contributed by atoms with Gasteiger partial charge < -0.3 is 14.7 Å². The minimum atomic E-state index is -0.0912. The van der Waals surface area contributed by atoms with E-state index < -0.39 is 0 Å². The Kier molecular flexibility index (Phi) is 5.17. The van der Waals surface area contributed by atoms with E-state index in [1.807, 2.05) is 38.1 Å². The van der Waals surface area contributed by atoms with Crippen LogP contribution >= 0.6 is 11.6 Å². The number of aromatic nitrogens is 3. The molecule has 1 fully saturated rings. The van der Waals surface area contributed by atoms with E-state index in [1.54, 1.807) is 0 Å². The predicted octanol–water partition coefficient (Wildman–Crippen LogP) is 3.42. The summed E-state index contributed by atoms with van der Waals surface area (Å²) in [5.41, 5.74) is 2.28. The summed E-state index contributed by atoms with van der Waals surface area (Å²) in [6.45, 7) is 5.67. The Hall–Kier alpha value is -2.67. The Balaban J connectivity index is 1.48. The lowest BCUT2D eigenvalue weighted by atomic mass is 9.96. The van der Waals surface area contributed by atoms with Crippen molar-refractivity contribution in [1.82, 2.24) is 20.4 Å². The first-order valence-corrected chi connectivity index (χ1v) is 9.77. The zero-order chi connectivity index (χ0) is 19.7. The molecule has 1 saturated heterocycles. The minimum absolute atomic E-state index is 0.0590. The van der Waals surface area contributed by atoms with Crippen molar-refractivity contribution in [2.45, 2.75) is 33.2 Å². The standard InChI is InChI=1S/C20H22ClN5O2/c1-12-17-18(23-13(2)24-20(17)28-25-12)26-9-3-4-15(11-26)19(27)22-10-14-5-7-16(21)8-6-14/h5-8,15H,3-4,9-11H2,1-2H3,(H,22,27)/t15-/m0/s1. The average Bonchev–Trinajstić information content (AvgIpc) is 3.07. The summed E-state index contributed by atoms with van der Waals surface area (Å²) in [6, 6.07) is 7.50. The van der Waals surface area contributed by atoms with Crippen molar-refractivity contribution in [3.8, 4) is 0 Å². The molecule has 0 bridgehead atoms. The maximum absolute atomic E-state index is 12.7. The molecule has 1 aromatic carbocycles. The van der Waals surface area contributed by atoms with E-state index in [2.05, 4.69) is 25.3 Å². The topological polar surface area (TPSA) is 84.2 Å². The third-order valence-corrected chi connectivity index (χ3v) is 5.32. The van der Waals surface area contributed by atoms with Crippen LogP contribution in [0, 0.1) is 19.8 Å². The molecule has 2 aromatic heterocycles. The van der Waals surface area contributed by atoms with Crippen molar-refractivity contribution in [2.24, 2.45) is 5.92 Å². The van der Waals surface area contributed by atoms with Crippen molar-refractivity contribution >= 4 is 34.4 Å². The quantitative estimate of drug-likeness (QED) is 0.723. The van der Waals surface area contributed by atoms with Crippen LogP contribution in [0.15, 0.2) is 28.8 Å². The molecule has 1 N–H and O–H groups in total. The normalized spacial score (nSPS) is 17.1. The molecule has 3 heterocycles. The van der Waals surface area contributed by atoms with Gasteiger partial charge in [0, 0.05) is 24.7 Å². The molecular formula is C20H22ClN5O2. The molecule has 0 unspecified atom stereocenters. The number of nitrogens with one attached hydrogen (secondary N) is 1. The summed E-state index contributed by atoms with van der Waals surface area (Å²) in [5, 5.41) is 8.58. The Labute approximate surface area is 168 Å². The molecule has 1 atom stereocenters. The second-order valence-electron chi connectivity index (χ2n) is 7.17. The maximum atomic E-state index is 12.7. The van der Waals surface area contributed by atoms with Crippen molar-refractivity contribution < 1.29 is 9.32 Å². The van der Waals surface area contributed by atoms with Gasteiger partial charge in [0.05, 0.1) is 11.6 Å². The highest BCUT2D eigenvalue weighted by molar-refractivity contribution is 6.30. The molecule has 7 nitrogen and oxygen atoms in total. The lowest BCUT2D eigenvalue weighted by Gasteiger charge is -2.33. The van der Waals surface area contributed by atoms with Crippen LogP contribution in [0.3, 0.4) is 0 Å². The first kappa shape index (κ1) is 18.7. The molecule has 0 spiro atoms. The van der Waals surface area contributed by atoms with E-state index in [1.165, 1.54) is 0 Å². The van der Waals surface area contributed by atoms with Gasteiger partial charge in [-0.3, -0.25) is 4.79 Å². The Morgan fingerprint density at radius 3 is 2.86 bits per heavy atom. The number of aryl methyl sites for hydroxylation is 2. The molecule has 4 rings (SSSR count). The number of carbonyl (C=O) groups is 1. The van der Waals surface area contributed by atoms with Gasteiger partial charge in [-0.25, -0.2) is 4.98 Å². The van der Waals surface area contributed by atoms with Crippen LogP contribution in [-0.2, 0) is 11.3 Å². The first-order chi connectivity index (χ1) is 13.5. The lowest BCUT2D eigenvalue weighted by molar-refractivity contribution is -0.125. The van der Waals surface area contributed by atoms with Crippen molar-refractivity contribution in [2.75, 3.05) is 18.0 Å². The summed E-state index contributed by atoms with van der Waals surface area (Å²) in [6.07, 6.45) is 1.78. The number of anilines is 1. The SMILES string of the molecule is Cc1nc(N2CCC[C@H](C(=O)NCc3ccc(Cl)cc3)C2)c2c(C)noc2n1. The number of amides is 1. The molecular weight excluding hydrogens is 378 g/mol. The Morgan fingerprint density at radius 2 is 2.07 bits per heavy atom. The van der Waals surface area contributed by atoms with E-state index in [9.17, 15) is 4.79 Å². The molecule has 0 aliphatic carbocycles. The summed E-state index contributed by atoms with van der Waals surface area (Å²) in [4.78, 5) is 23.8. The number of halogens is 1. The van der Waals surface area contributed by atoms with E-state index in [0.717, 1.165) is 41.8 Å². The van der Waals surface area contributed by atoms with Crippen LogP contribution in [0.25, 0.3) is 11.1 Å². The van der Waals surface area contributed by atoms with Crippen LogP contribution in [-0.4, -0.2) is 34.1 Å². The largest absolute Gasteiger partial charge is 0.355 e. The van der Waals surface area contributed by atoms with E-state index in [4.69, 9.17) is 16.1 Å². The van der Waals surface area contributed by atoms with Crippen LogP contribution in [0.2, 0.25) is 5.02 Å². The van der Waals surface area contributed by atoms with Gasteiger partial charge in [-0.2, -0.15) is 4.98 Å². The van der Waals surface area contributed by atoms with E-state index >= 15 is 0 Å². The highest BCUT2D eigenvalue weighted by atomic mass is 35.5. The fraction of sp³-hybridized carbons (Fsp3) is 0.400. The highest BCUT2D eigenvalue weighted by Gasteiger charge is 2.28. The Morgan fingerprint density at radius 1 is 1.29 bits per heavy atom. The molecule has 1 amide bonds. The van der Waals surface area contributed by atoms with E-state index in [-0.39, 0.29) is 11.8 Å². The second-order valence-corrected chi connectivity index (χ2v) is 7.61. The predicted molar refractivity (Wildman–Crippen MR) is 107 cm³/mol. The third-order valence-electron chi connectivity index (χ3n) is 5.07. The van der Waals surface area contributed by atoms with Gasteiger partial charge in [-0.05, 0) is 44.4 Å². The van der Waals surface area contributed by atoms with Crippen LogP contribution in [0.5, 0.6) is 0 Å². The third kappa shape index (κ3) is 3.80.